The molecule has 0 N–H and O–H groups in total. The number of rotatable bonds is 7. The summed E-state index contributed by atoms with van der Waals surface area (Å²) < 4.78 is 24.7. The van der Waals surface area contributed by atoms with Crippen LogP contribution in [0.15, 0.2) is 67.0 Å². The zero-order chi connectivity index (χ0) is 25.9. The molecule has 1 fully saturated rings. The third kappa shape index (κ3) is 5.17. The molecule has 5 rings (SSSR count). The van der Waals surface area contributed by atoms with Gasteiger partial charge in [0.05, 0.1) is 29.8 Å². The van der Waals surface area contributed by atoms with E-state index >= 15 is 0 Å². The van der Waals surface area contributed by atoms with Crippen LogP contribution < -0.4 is 4.74 Å². The van der Waals surface area contributed by atoms with Crippen LogP contribution in [0.3, 0.4) is 0 Å². The number of benzene rings is 2. The first-order chi connectivity index (χ1) is 17.9. The van der Waals surface area contributed by atoms with Crippen LogP contribution in [0.5, 0.6) is 5.75 Å². The molecular formula is C28H27N3O6. The summed E-state index contributed by atoms with van der Waals surface area (Å²) in [5, 5.41) is 5.19. The van der Waals surface area contributed by atoms with Crippen molar-refractivity contribution >= 4 is 23.0 Å². The van der Waals surface area contributed by atoms with Gasteiger partial charge in [0, 0.05) is 12.6 Å². The van der Waals surface area contributed by atoms with Gasteiger partial charge in [-0.3, -0.25) is 0 Å². The molecule has 3 heterocycles. The molecule has 3 atom stereocenters. The SMILES string of the molecule is COc1ccnc2c1cnn2[C@H]1C[C@H](OC(=O)c2ccc(C)cc2)[C@@H](COC(=O)c2ccc(C)cc2)O1. The van der Waals surface area contributed by atoms with Crippen LogP contribution in [0.25, 0.3) is 11.0 Å². The molecule has 9 nitrogen and oxygen atoms in total. The van der Waals surface area contributed by atoms with Gasteiger partial charge >= 0.3 is 11.9 Å². The Balaban J connectivity index is 1.36. The summed E-state index contributed by atoms with van der Waals surface area (Å²) >= 11 is 0. The number of fused-ring (bicyclic) bond motifs is 1. The number of aromatic nitrogens is 3. The predicted molar refractivity (Wildman–Crippen MR) is 134 cm³/mol. The van der Waals surface area contributed by atoms with Crippen molar-refractivity contribution in [1.29, 1.82) is 0 Å². The Morgan fingerprint density at radius 2 is 1.62 bits per heavy atom. The number of hydrogen-bond donors (Lipinski definition) is 0. The van der Waals surface area contributed by atoms with E-state index in [1.54, 1.807) is 54.5 Å². The van der Waals surface area contributed by atoms with Gasteiger partial charge in [-0.05, 0) is 44.2 Å². The van der Waals surface area contributed by atoms with Crippen LogP contribution in [0.1, 0.15) is 44.5 Å². The van der Waals surface area contributed by atoms with E-state index in [0.29, 0.717) is 28.9 Å². The Morgan fingerprint density at radius 3 is 2.27 bits per heavy atom. The Morgan fingerprint density at radius 1 is 0.973 bits per heavy atom. The topological polar surface area (TPSA) is 102 Å². The minimum atomic E-state index is -0.696. The van der Waals surface area contributed by atoms with Gasteiger partial charge in [-0.1, -0.05) is 35.4 Å². The first-order valence-corrected chi connectivity index (χ1v) is 12.0. The second-order valence-electron chi connectivity index (χ2n) is 8.98. The van der Waals surface area contributed by atoms with E-state index < -0.39 is 30.4 Å². The highest BCUT2D eigenvalue weighted by atomic mass is 16.6. The van der Waals surface area contributed by atoms with Crippen molar-refractivity contribution in [2.45, 2.75) is 38.7 Å². The molecule has 190 valence electrons. The second kappa shape index (κ2) is 10.4. The molecular weight excluding hydrogens is 474 g/mol. The van der Waals surface area contributed by atoms with E-state index in [9.17, 15) is 9.59 Å². The molecule has 0 unspecified atom stereocenters. The summed E-state index contributed by atoms with van der Waals surface area (Å²) in [6.07, 6.45) is 1.64. The van der Waals surface area contributed by atoms with E-state index in [-0.39, 0.29) is 6.61 Å². The van der Waals surface area contributed by atoms with E-state index in [2.05, 4.69) is 10.1 Å². The van der Waals surface area contributed by atoms with Crippen molar-refractivity contribution < 1.29 is 28.5 Å². The Hall–Kier alpha value is -4.24. The smallest absolute Gasteiger partial charge is 0.338 e. The van der Waals surface area contributed by atoms with Crippen molar-refractivity contribution in [3.8, 4) is 5.75 Å². The molecule has 2 aromatic carbocycles. The van der Waals surface area contributed by atoms with Crippen LogP contribution in [0, 0.1) is 13.8 Å². The molecule has 0 saturated carbocycles. The minimum absolute atomic E-state index is 0.0923. The molecule has 37 heavy (non-hydrogen) atoms. The average Bonchev–Trinajstić information content (AvgIpc) is 3.52. The number of aryl methyl sites for hydroxylation is 2. The highest BCUT2D eigenvalue weighted by Gasteiger charge is 2.41. The molecule has 0 aliphatic carbocycles. The summed E-state index contributed by atoms with van der Waals surface area (Å²) in [6, 6.07) is 16.0. The standard InChI is InChI=1S/C28H27N3O6/c1-17-4-8-19(9-5-17)27(32)35-16-24-23(37-28(33)20-10-6-18(2)7-11-20)14-25(36-24)31-26-21(15-30-31)22(34-3)12-13-29-26/h4-13,15,23-25H,14,16H2,1-3H3/t23-,24+,25+/m0/s1. The maximum atomic E-state index is 12.9. The fourth-order valence-electron chi connectivity index (χ4n) is 4.26. The maximum absolute atomic E-state index is 12.9. The first kappa shape index (κ1) is 24.5. The summed E-state index contributed by atoms with van der Waals surface area (Å²) in [4.78, 5) is 30.0. The number of esters is 2. The third-order valence-corrected chi connectivity index (χ3v) is 6.34. The normalized spacial score (nSPS) is 19.1. The lowest BCUT2D eigenvalue weighted by Crippen LogP contribution is -2.32. The average molecular weight is 502 g/mol. The van der Waals surface area contributed by atoms with E-state index in [4.69, 9.17) is 18.9 Å². The van der Waals surface area contributed by atoms with Gasteiger partial charge in [0.2, 0.25) is 0 Å². The summed E-state index contributed by atoms with van der Waals surface area (Å²) in [7, 11) is 1.58. The Labute approximate surface area is 213 Å². The lowest BCUT2D eigenvalue weighted by molar-refractivity contribution is -0.0590. The van der Waals surface area contributed by atoms with Crippen molar-refractivity contribution in [3.63, 3.8) is 0 Å². The number of methoxy groups -OCH3 is 1. The van der Waals surface area contributed by atoms with Crippen LogP contribution in [0.2, 0.25) is 0 Å². The van der Waals surface area contributed by atoms with Crippen LogP contribution in [-0.2, 0) is 14.2 Å². The van der Waals surface area contributed by atoms with E-state index in [0.717, 1.165) is 16.5 Å². The number of ether oxygens (including phenoxy) is 4. The molecule has 1 saturated heterocycles. The fraction of sp³-hybridized carbons (Fsp3) is 0.286. The number of hydrogen-bond acceptors (Lipinski definition) is 8. The predicted octanol–water partition coefficient (Wildman–Crippen LogP) is 4.43. The van der Waals surface area contributed by atoms with Crippen molar-refractivity contribution in [3.05, 3.63) is 89.2 Å². The van der Waals surface area contributed by atoms with Gasteiger partial charge in [0.25, 0.3) is 0 Å². The van der Waals surface area contributed by atoms with Crippen molar-refractivity contribution in [2.75, 3.05) is 13.7 Å². The molecule has 0 amide bonds. The summed E-state index contributed by atoms with van der Waals surface area (Å²) in [6.45, 7) is 3.80. The van der Waals surface area contributed by atoms with Gasteiger partial charge in [0.15, 0.2) is 11.9 Å². The van der Waals surface area contributed by atoms with Crippen LogP contribution >= 0.6 is 0 Å². The van der Waals surface area contributed by atoms with Crippen LogP contribution in [-0.4, -0.2) is 52.6 Å². The summed E-state index contributed by atoms with van der Waals surface area (Å²) in [5.74, 6) is -0.319. The first-order valence-electron chi connectivity index (χ1n) is 12.0. The van der Waals surface area contributed by atoms with Gasteiger partial charge < -0.3 is 18.9 Å². The minimum Gasteiger partial charge on any atom is -0.496 e. The van der Waals surface area contributed by atoms with Gasteiger partial charge in [-0.15, -0.1) is 0 Å². The Bertz CT molecular complexity index is 1410. The van der Waals surface area contributed by atoms with Crippen molar-refractivity contribution in [2.24, 2.45) is 0 Å². The largest absolute Gasteiger partial charge is 0.496 e. The van der Waals surface area contributed by atoms with Gasteiger partial charge in [0.1, 0.15) is 24.6 Å². The molecule has 4 aromatic rings. The lowest BCUT2D eigenvalue weighted by Gasteiger charge is -2.19. The zero-order valence-electron chi connectivity index (χ0n) is 20.8. The Kier molecular flexibility index (Phi) is 6.87. The number of carbonyl (C=O) groups is 2. The number of nitrogens with zero attached hydrogens (tertiary/aromatic N) is 3. The van der Waals surface area contributed by atoms with Gasteiger partial charge in [-0.25, -0.2) is 19.3 Å². The van der Waals surface area contributed by atoms with Gasteiger partial charge in [-0.2, -0.15) is 5.10 Å². The molecule has 9 heteroatoms. The monoisotopic (exact) mass is 501 g/mol. The summed E-state index contributed by atoms with van der Waals surface area (Å²) in [5.41, 5.74) is 3.52. The maximum Gasteiger partial charge on any atom is 0.338 e. The molecule has 1 aliphatic heterocycles. The molecule has 0 spiro atoms. The fourth-order valence-corrected chi connectivity index (χ4v) is 4.26. The van der Waals surface area contributed by atoms with Crippen LogP contribution in [0.4, 0.5) is 0 Å². The highest BCUT2D eigenvalue weighted by Crippen LogP contribution is 2.34. The van der Waals surface area contributed by atoms with Crippen molar-refractivity contribution in [1.82, 2.24) is 14.8 Å². The lowest BCUT2D eigenvalue weighted by atomic mass is 10.1. The number of pyridine rings is 1. The third-order valence-electron chi connectivity index (χ3n) is 6.34. The zero-order valence-corrected chi connectivity index (χ0v) is 20.8. The van der Waals surface area contributed by atoms with E-state index in [1.807, 2.05) is 38.1 Å². The molecule has 2 aromatic heterocycles. The molecule has 1 aliphatic rings. The highest BCUT2D eigenvalue weighted by molar-refractivity contribution is 5.90. The second-order valence-corrected chi connectivity index (χ2v) is 8.98. The quantitative estimate of drug-likeness (QED) is 0.343. The van der Waals surface area contributed by atoms with E-state index in [1.165, 1.54) is 0 Å². The molecule has 0 bridgehead atoms. The molecule has 0 radical (unpaired) electrons. The number of carbonyl (C=O) groups excluding carboxylic acids is 2.